The number of oxazole rings is 1. The zero-order valence-corrected chi connectivity index (χ0v) is 12.9. The van der Waals surface area contributed by atoms with Gasteiger partial charge in [0.2, 0.25) is 5.91 Å². The van der Waals surface area contributed by atoms with Crippen molar-refractivity contribution >= 4 is 22.8 Å². The number of fused-ring (bicyclic) bond motifs is 1. The fraction of sp³-hybridized carbons (Fsp3) is 0.188. The molecule has 2 aromatic heterocycles. The number of carbonyl (C=O) groups is 1. The van der Waals surface area contributed by atoms with Gasteiger partial charge in [-0.2, -0.15) is 13.2 Å². The first-order valence-electron chi connectivity index (χ1n) is 7.22. The molecule has 0 spiro atoms. The number of alkyl halides is 3. The average molecular weight is 351 g/mol. The second-order valence-electron chi connectivity index (χ2n) is 5.27. The molecule has 0 aliphatic heterocycles. The normalized spacial score (nSPS) is 13.0. The molecule has 0 aliphatic rings. The molecule has 0 saturated carbocycles. The molecule has 0 saturated heterocycles. The Kier molecular flexibility index (Phi) is 4.07. The fourth-order valence-corrected chi connectivity index (χ4v) is 2.41. The molecular weight excluding hydrogens is 339 g/mol. The van der Waals surface area contributed by atoms with Crippen molar-refractivity contribution in [1.82, 2.24) is 9.55 Å². The summed E-state index contributed by atoms with van der Waals surface area (Å²) in [6.07, 6.45) is -3.20. The lowest BCUT2D eigenvalue weighted by molar-refractivity contribution is -0.137. The summed E-state index contributed by atoms with van der Waals surface area (Å²) < 4.78 is 45.0. The molecule has 1 unspecified atom stereocenters. The van der Waals surface area contributed by atoms with Crippen molar-refractivity contribution in [2.24, 2.45) is 0 Å². The molecular formula is C16H12F3N3O3. The van der Waals surface area contributed by atoms with E-state index in [1.54, 1.807) is 6.07 Å². The lowest BCUT2D eigenvalue weighted by atomic mass is 10.1. The van der Waals surface area contributed by atoms with Crippen LogP contribution >= 0.6 is 0 Å². The van der Waals surface area contributed by atoms with E-state index in [1.165, 1.54) is 31.3 Å². The number of pyridine rings is 1. The van der Waals surface area contributed by atoms with Crippen molar-refractivity contribution in [1.29, 1.82) is 0 Å². The van der Waals surface area contributed by atoms with Crippen LogP contribution in [0.3, 0.4) is 0 Å². The van der Waals surface area contributed by atoms with Crippen LogP contribution in [0.5, 0.6) is 0 Å². The Hall–Kier alpha value is -3.10. The third-order valence-corrected chi connectivity index (χ3v) is 3.63. The number of rotatable bonds is 3. The SMILES string of the molecule is CC(C(=O)Nc1ccccc1C(F)(F)F)n1c(=O)oc2cccnc21. The van der Waals surface area contributed by atoms with E-state index in [4.69, 9.17) is 4.42 Å². The van der Waals surface area contributed by atoms with Gasteiger partial charge in [0.25, 0.3) is 0 Å². The smallest absolute Gasteiger partial charge is 0.406 e. The Morgan fingerprint density at radius 1 is 1.24 bits per heavy atom. The first kappa shape index (κ1) is 16.7. The number of hydrogen-bond donors (Lipinski definition) is 1. The van der Waals surface area contributed by atoms with Crippen molar-refractivity contribution in [2.45, 2.75) is 19.1 Å². The van der Waals surface area contributed by atoms with Gasteiger partial charge in [-0.05, 0) is 31.2 Å². The Labute approximate surface area is 138 Å². The van der Waals surface area contributed by atoms with Crippen molar-refractivity contribution < 1.29 is 22.4 Å². The van der Waals surface area contributed by atoms with Crippen LogP contribution in [0.1, 0.15) is 18.5 Å². The number of nitrogens with one attached hydrogen (secondary N) is 1. The molecule has 1 atom stereocenters. The highest BCUT2D eigenvalue weighted by Crippen LogP contribution is 2.34. The molecule has 3 aromatic rings. The summed E-state index contributed by atoms with van der Waals surface area (Å²) >= 11 is 0. The summed E-state index contributed by atoms with van der Waals surface area (Å²) in [7, 11) is 0. The number of para-hydroxylation sites is 1. The summed E-state index contributed by atoms with van der Waals surface area (Å²) in [6.45, 7) is 1.37. The zero-order chi connectivity index (χ0) is 18.2. The van der Waals surface area contributed by atoms with Gasteiger partial charge in [0.15, 0.2) is 11.2 Å². The highest BCUT2D eigenvalue weighted by Gasteiger charge is 2.34. The summed E-state index contributed by atoms with van der Waals surface area (Å²) in [5, 5.41) is 2.21. The lowest BCUT2D eigenvalue weighted by Gasteiger charge is -2.16. The van der Waals surface area contributed by atoms with Gasteiger partial charge >= 0.3 is 11.9 Å². The van der Waals surface area contributed by atoms with Crippen LogP contribution in [-0.4, -0.2) is 15.5 Å². The van der Waals surface area contributed by atoms with Crippen molar-refractivity contribution in [3.8, 4) is 0 Å². The minimum absolute atomic E-state index is 0.138. The maximum atomic E-state index is 13.0. The topological polar surface area (TPSA) is 77.1 Å². The summed E-state index contributed by atoms with van der Waals surface area (Å²) in [4.78, 5) is 28.3. The number of halogens is 3. The van der Waals surface area contributed by atoms with Crippen LogP contribution in [0.15, 0.2) is 51.8 Å². The molecule has 25 heavy (non-hydrogen) atoms. The van der Waals surface area contributed by atoms with Crippen molar-refractivity contribution in [2.75, 3.05) is 5.32 Å². The predicted molar refractivity (Wildman–Crippen MR) is 83.1 cm³/mol. The third-order valence-electron chi connectivity index (χ3n) is 3.63. The maximum Gasteiger partial charge on any atom is 0.421 e. The van der Waals surface area contributed by atoms with E-state index in [-0.39, 0.29) is 16.9 Å². The van der Waals surface area contributed by atoms with Gasteiger partial charge in [0.05, 0.1) is 11.3 Å². The van der Waals surface area contributed by atoms with Crippen LogP contribution < -0.4 is 11.1 Å². The highest BCUT2D eigenvalue weighted by molar-refractivity contribution is 5.95. The second kappa shape index (κ2) is 6.08. The average Bonchev–Trinajstić information content (AvgIpc) is 2.89. The van der Waals surface area contributed by atoms with Gasteiger partial charge in [-0.3, -0.25) is 4.79 Å². The van der Waals surface area contributed by atoms with Gasteiger partial charge in [-0.15, -0.1) is 0 Å². The van der Waals surface area contributed by atoms with E-state index in [9.17, 15) is 22.8 Å². The molecule has 0 bridgehead atoms. The molecule has 2 heterocycles. The fourth-order valence-electron chi connectivity index (χ4n) is 2.41. The van der Waals surface area contributed by atoms with E-state index in [0.717, 1.165) is 16.7 Å². The van der Waals surface area contributed by atoms with Crippen LogP contribution in [-0.2, 0) is 11.0 Å². The molecule has 130 valence electrons. The van der Waals surface area contributed by atoms with Crippen LogP contribution in [0.25, 0.3) is 11.2 Å². The zero-order valence-electron chi connectivity index (χ0n) is 12.9. The summed E-state index contributed by atoms with van der Waals surface area (Å²) in [5.41, 5.74) is -1.04. The number of benzene rings is 1. The van der Waals surface area contributed by atoms with Gasteiger partial charge < -0.3 is 9.73 Å². The van der Waals surface area contributed by atoms with E-state index >= 15 is 0 Å². The van der Waals surface area contributed by atoms with E-state index in [2.05, 4.69) is 10.3 Å². The lowest BCUT2D eigenvalue weighted by Crippen LogP contribution is -2.30. The molecule has 1 N–H and O–H groups in total. The van der Waals surface area contributed by atoms with E-state index < -0.39 is 29.4 Å². The van der Waals surface area contributed by atoms with E-state index in [1.807, 2.05) is 0 Å². The standard InChI is InChI=1S/C16H12F3N3O3/c1-9(22-13-12(25-15(22)24)7-4-8-20-13)14(23)21-11-6-3-2-5-10(11)16(17,18)19/h2-9H,1H3,(H,21,23). The molecule has 0 radical (unpaired) electrons. The summed E-state index contributed by atoms with van der Waals surface area (Å²) in [5.74, 6) is -1.62. The molecule has 6 nitrogen and oxygen atoms in total. The Morgan fingerprint density at radius 2 is 1.96 bits per heavy atom. The number of amides is 1. The largest absolute Gasteiger partial charge is 0.421 e. The number of aromatic nitrogens is 2. The number of hydrogen-bond acceptors (Lipinski definition) is 4. The molecule has 0 aliphatic carbocycles. The van der Waals surface area contributed by atoms with Crippen LogP contribution in [0, 0.1) is 0 Å². The molecule has 9 heteroatoms. The highest BCUT2D eigenvalue weighted by atomic mass is 19.4. The van der Waals surface area contributed by atoms with Gasteiger partial charge in [-0.25, -0.2) is 14.3 Å². The third kappa shape index (κ3) is 3.12. The monoisotopic (exact) mass is 351 g/mol. The Morgan fingerprint density at radius 3 is 2.68 bits per heavy atom. The number of carbonyl (C=O) groups excluding carboxylic acids is 1. The molecule has 1 aromatic carbocycles. The second-order valence-corrected chi connectivity index (χ2v) is 5.27. The minimum atomic E-state index is -4.62. The van der Waals surface area contributed by atoms with Crippen molar-refractivity contribution in [3.05, 3.63) is 58.7 Å². The minimum Gasteiger partial charge on any atom is -0.406 e. The van der Waals surface area contributed by atoms with Crippen LogP contribution in [0.4, 0.5) is 18.9 Å². The molecule has 0 fully saturated rings. The van der Waals surface area contributed by atoms with Gasteiger partial charge in [0.1, 0.15) is 6.04 Å². The summed E-state index contributed by atoms with van der Waals surface area (Å²) in [6, 6.07) is 6.54. The van der Waals surface area contributed by atoms with Crippen molar-refractivity contribution in [3.63, 3.8) is 0 Å². The Bertz CT molecular complexity index is 991. The predicted octanol–water partition coefficient (Wildman–Crippen LogP) is 3.21. The first-order chi connectivity index (χ1) is 11.8. The molecule has 3 rings (SSSR count). The number of nitrogens with zero attached hydrogens (tertiary/aromatic N) is 2. The number of anilines is 1. The van der Waals surface area contributed by atoms with Gasteiger partial charge in [0, 0.05) is 6.20 Å². The van der Waals surface area contributed by atoms with Gasteiger partial charge in [-0.1, -0.05) is 12.1 Å². The van der Waals surface area contributed by atoms with E-state index in [0.29, 0.717) is 0 Å². The maximum absolute atomic E-state index is 13.0. The first-order valence-corrected chi connectivity index (χ1v) is 7.22. The molecule has 1 amide bonds. The Balaban J connectivity index is 1.94. The quantitative estimate of drug-likeness (QED) is 0.786. The van der Waals surface area contributed by atoms with Crippen LogP contribution in [0.2, 0.25) is 0 Å².